The standard InChI is InChI=1S/C14H16N2O2/c1-8-5-9(2)12(14(17)18)7-11(8)13-6-10(3)16(4)15-13/h5-7H,1-4H3,(H,17,18). The monoisotopic (exact) mass is 244 g/mol. The Bertz CT molecular complexity index is 607. The average Bonchev–Trinajstić information content (AvgIpc) is 2.58. The van der Waals surface area contributed by atoms with Crippen LogP contribution in [0.2, 0.25) is 0 Å². The van der Waals surface area contributed by atoms with Gasteiger partial charge in [0.2, 0.25) is 0 Å². The van der Waals surface area contributed by atoms with Gasteiger partial charge in [0, 0.05) is 18.3 Å². The zero-order valence-electron chi connectivity index (χ0n) is 11.0. The zero-order valence-corrected chi connectivity index (χ0v) is 11.0. The van der Waals surface area contributed by atoms with E-state index in [1.165, 1.54) is 0 Å². The van der Waals surface area contributed by atoms with Crippen molar-refractivity contribution < 1.29 is 9.90 Å². The average molecular weight is 244 g/mol. The van der Waals surface area contributed by atoms with Gasteiger partial charge in [0.05, 0.1) is 11.3 Å². The highest BCUT2D eigenvalue weighted by molar-refractivity contribution is 5.91. The topological polar surface area (TPSA) is 55.1 Å². The molecule has 0 radical (unpaired) electrons. The minimum atomic E-state index is -0.901. The predicted molar refractivity (Wildman–Crippen MR) is 69.8 cm³/mol. The minimum absolute atomic E-state index is 0.332. The van der Waals surface area contributed by atoms with Gasteiger partial charge in [-0.1, -0.05) is 6.07 Å². The Kier molecular flexibility index (Phi) is 2.95. The summed E-state index contributed by atoms with van der Waals surface area (Å²) < 4.78 is 1.79. The number of aromatic carboxylic acids is 1. The van der Waals surface area contributed by atoms with Crippen molar-refractivity contribution in [2.45, 2.75) is 20.8 Å². The molecule has 4 heteroatoms. The van der Waals surface area contributed by atoms with Crippen molar-refractivity contribution >= 4 is 5.97 Å². The number of rotatable bonds is 2. The fraction of sp³-hybridized carbons (Fsp3) is 0.286. The van der Waals surface area contributed by atoms with E-state index in [4.69, 9.17) is 5.11 Å². The molecule has 0 fully saturated rings. The molecule has 0 saturated heterocycles. The molecule has 0 unspecified atom stereocenters. The van der Waals surface area contributed by atoms with E-state index in [0.717, 1.165) is 28.1 Å². The van der Waals surface area contributed by atoms with Crippen molar-refractivity contribution in [3.8, 4) is 11.3 Å². The molecule has 0 aliphatic heterocycles. The van der Waals surface area contributed by atoms with E-state index in [1.54, 1.807) is 10.7 Å². The van der Waals surface area contributed by atoms with Crippen LogP contribution in [0.25, 0.3) is 11.3 Å². The Morgan fingerprint density at radius 1 is 1.17 bits per heavy atom. The molecule has 0 aliphatic carbocycles. The molecule has 94 valence electrons. The van der Waals surface area contributed by atoms with Gasteiger partial charge in [-0.2, -0.15) is 5.10 Å². The second-order valence-electron chi connectivity index (χ2n) is 4.58. The molecule has 1 aromatic carbocycles. The number of nitrogens with zero attached hydrogens (tertiary/aromatic N) is 2. The Hall–Kier alpha value is -2.10. The molecule has 0 atom stereocenters. The van der Waals surface area contributed by atoms with Crippen LogP contribution in [0.3, 0.4) is 0 Å². The van der Waals surface area contributed by atoms with Crippen LogP contribution in [0.4, 0.5) is 0 Å². The highest BCUT2D eigenvalue weighted by Gasteiger charge is 2.13. The van der Waals surface area contributed by atoms with Gasteiger partial charge in [0.25, 0.3) is 0 Å². The molecule has 0 saturated carbocycles. The molecule has 0 amide bonds. The van der Waals surface area contributed by atoms with Crippen molar-refractivity contribution in [3.05, 3.63) is 40.6 Å². The lowest BCUT2D eigenvalue weighted by atomic mass is 9.98. The maximum atomic E-state index is 11.2. The summed E-state index contributed by atoms with van der Waals surface area (Å²) >= 11 is 0. The summed E-state index contributed by atoms with van der Waals surface area (Å²) in [5.74, 6) is -0.901. The first-order chi connectivity index (χ1) is 8.40. The Morgan fingerprint density at radius 2 is 1.83 bits per heavy atom. The molecule has 4 nitrogen and oxygen atoms in total. The summed E-state index contributed by atoms with van der Waals surface area (Å²) in [6.07, 6.45) is 0. The van der Waals surface area contributed by atoms with Gasteiger partial charge >= 0.3 is 5.97 Å². The van der Waals surface area contributed by atoms with E-state index < -0.39 is 5.97 Å². The highest BCUT2D eigenvalue weighted by atomic mass is 16.4. The van der Waals surface area contributed by atoms with E-state index in [0.29, 0.717) is 5.56 Å². The van der Waals surface area contributed by atoms with E-state index in [-0.39, 0.29) is 0 Å². The van der Waals surface area contributed by atoms with E-state index in [1.807, 2.05) is 40.0 Å². The molecule has 1 N–H and O–H groups in total. The van der Waals surface area contributed by atoms with E-state index in [2.05, 4.69) is 5.10 Å². The third-order valence-corrected chi connectivity index (χ3v) is 3.19. The van der Waals surface area contributed by atoms with E-state index >= 15 is 0 Å². The van der Waals surface area contributed by atoms with Crippen LogP contribution in [-0.2, 0) is 7.05 Å². The van der Waals surface area contributed by atoms with Crippen LogP contribution >= 0.6 is 0 Å². The van der Waals surface area contributed by atoms with Crippen LogP contribution in [0, 0.1) is 20.8 Å². The largest absolute Gasteiger partial charge is 0.478 e. The van der Waals surface area contributed by atoms with Crippen LogP contribution in [0.15, 0.2) is 18.2 Å². The number of aromatic nitrogens is 2. The summed E-state index contributed by atoms with van der Waals surface area (Å²) in [5, 5.41) is 13.6. The van der Waals surface area contributed by atoms with Gasteiger partial charge in [-0.3, -0.25) is 4.68 Å². The fourth-order valence-corrected chi connectivity index (χ4v) is 2.05. The number of benzene rings is 1. The van der Waals surface area contributed by atoms with Crippen LogP contribution in [0.1, 0.15) is 27.2 Å². The van der Waals surface area contributed by atoms with Gasteiger partial charge in [0.15, 0.2) is 0 Å². The Balaban J connectivity index is 2.64. The summed E-state index contributed by atoms with van der Waals surface area (Å²) in [6, 6.07) is 5.56. The maximum absolute atomic E-state index is 11.2. The third-order valence-electron chi connectivity index (χ3n) is 3.19. The fourth-order valence-electron chi connectivity index (χ4n) is 2.05. The second-order valence-corrected chi connectivity index (χ2v) is 4.58. The minimum Gasteiger partial charge on any atom is -0.478 e. The number of hydrogen-bond acceptors (Lipinski definition) is 2. The molecule has 1 aromatic heterocycles. The molecular weight excluding hydrogens is 228 g/mol. The number of aryl methyl sites for hydroxylation is 4. The second kappa shape index (κ2) is 4.29. The van der Waals surface area contributed by atoms with Crippen molar-refractivity contribution in [1.29, 1.82) is 0 Å². The molecular formula is C14H16N2O2. The van der Waals surface area contributed by atoms with Crippen molar-refractivity contribution in [2.24, 2.45) is 7.05 Å². The van der Waals surface area contributed by atoms with Crippen molar-refractivity contribution in [1.82, 2.24) is 9.78 Å². The quantitative estimate of drug-likeness (QED) is 0.883. The molecule has 0 spiro atoms. The zero-order chi connectivity index (χ0) is 13.4. The van der Waals surface area contributed by atoms with Gasteiger partial charge in [-0.15, -0.1) is 0 Å². The summed E-state index contributed by atoms with van der Waals surface area (Å²) in [7, 11) is 1.88. The number of carboxylic acids is 1. The SMILES string of the molecule is Cc1cc(C)c(-c2cc(C)n(C)n2)cc1C(=O)O. The molecule has 2 rings (SSSR count). The van der Waals surface area contributed by atoms with Crippen molar-refractivity contribution in [2.75, 3.05) is 0 Å². The summed E-state index contributed by atoms with van der Waals surface area (Å²) in [4.78, 5) is 11.2. The van der Waals surface area contributed by atoms with Gasteiger partial charge in [0.1, 0.15) is 0 Å². The molecule has 1 heterocycles. The molecule has 0 bridgehead atoms. The van der Waals surface area contributed by atoms with E-state index in [9.17, 15) is 4.79 Å². The predicted octanol–water partition coefficient (Wildman–Crippen LogP) is 2.71. The van der Waals surface area contributed by atoms with Gasteiger partial charge in [-0.05, 0) is 44.0 Å². The van der Waals surface area contributed by atoms with Crippen molar-refractivity contribution in [3.63, 3.8) is 0 Å². The maximum Gasteiger partial charge on any atom is 0.335 e. The lowest BCUT2D eigenvalue weighted by molar-refractivity contribution is 0.0696. The smallest absolute Gasteiger partial charge is 0.335 e. The molecule has 2 aromatic rings. The van der Waals surface area contributed by atoms with Gasteiger partial charge in [-0.25, -0.2) is 4.79 Å². The number of carboxylic acid groups (broad SMARTS) is 1. The van der Waals surface area contributed by atoms with Gasteiger partial charge < -0.3 is 5.11 Å². The first kappa shape index (κ1) is 12.4. The molecule has 0 aliphatic rings. The summed E-state index contributed by atoms with van der Waals surface area (Å²) in [6.45, 7) is 5.75. The summed E-state index contributed by atoms with van der Waals surface area (Å²) in [5.41, 5.74) is 4.88. The first-order valence-electron chi connectivity index (χ1n) is 5.75. The van der Waals surface area contributed by atoms with Crippen LogP contribution in [0.5, 0.6) is 0 Å². The Labute approximate surface area is 106 Å². The number of hydrogen-bond donors (Lipinski definition) is 1. The Morgan fingerprint density at radius 3 is 2.33 bits per heavy atom. The lowest BCUT2D eigenvalue weighted by Gasteiger charge is -2.07. The highest BCUT2D eigenvalue weighted by Crippen LogP contribution is 2.26. The normalized spacial score (nSPS) is 10.7. The van der Waals surface area contributed by atoms with Crippen LogP contribution < -0.4 is 0 Å². The third kappa shape index (κ3) is 2.01. The molecule has 18 heavy (non-hydrogen) atoms. The lowest BCUT2D eigenvalue weighted by Crippen LogP contribution is -2.01. The first-order valence-corrected chi connectivity index (χ1v) is 5.75. The van der Waals surface area contributed by atoms with Crippen LogP contribution in [-0.4, -0.2) is 20.9 Å². The number of carbonyl (C=O) groups is 1.